The summed E-state index contributed by atoms with van der Waals surface area (Å²) >= 11 is 0. The van der Waals surface area contributed by atoms with Gasteiger partial charge in [0.15, 0.2) is 5.96 Å². The van der Waals surface area contributed by atoms with E-state index >= 15 is 0 Å². The molecule has 476 valence electrons. The molecule has 0 aromatic heterocycles. The summed E-state index contributed by atoms with van der Waals surface area (Å²) in [6.07, 6.45) is -0.861. The van der Waals surface area contributed by atoms with Gasteiger partial charge >= 0.3 is 5.97 Å². The number of aliphatic imine (C=N–C) groups is 1. The van der Waals surface area contributed by atoms with Crippen molar-refractivity contribution in [3.05, 3.63) is 35.9 Å². The van der Waals surface area contributed by atoms with Crippen LogP contribution in [0.3, 0.4) is 0 Å². The van der Waals surface area contributed by atoms with E-state index in [2.05, 4.69) is 63.5 Å². The number of likely N-dealkylation sites (N-methyl/N-ethyl adjacent to an activating group) is 1. The highest BCUT2D eigenvalue weighted by molar-refractivity contribution is 5.99. The number of amides is 11. The fourth-order valence-corrected chi connectivity index (χ4v) is 8.59. The van der Waals surface area contributed by atoms with Crippen LogP contribution in [0.15, 0.2) is 35.3 Å². The van der Waals surface area contributed by atoms with E-state index in [4.69, 9.17) is 21.9 Å². The molecule has 19 N–H and O–H groups in total. The summed E-state index contributed by atoms with van der Waals surface area (Å²) in [5, 5.41) is 48.7. The number of rotatable bonds is 32. The molecule has 15 atom stereocenters. The summed E-state index contributed by atoms with van der Waals surface area (Å²) in [6.45, 7) is 12.0. The molecule has 1 aromatic carbocycles. The molecule has 30 heteroatoms. The van der Waals surface area contributed by atoms with Crippen LogP contribution in [0.2, 0.25) is 0 Å². The maximum absolute atomic E-state index is 14.3. The molecule has 11 amide bonds. The Balaban J connectivity index is 2.36. The molecule has 1 aliphatic rings. The van der Waals surface area contributed by atoms with E-state index in [-0.39, 0.29) is 38.2 Å². The molecular formula is C55H91N15O15. The Morgan fingerprint density at radius 3 is 1.54 bits per heavy atom. The van der Waals surface area contributed by atoms with Crippen molar-refractivity contribution in [3.63, 3.8) is 0 Å². The molecule has 30 nitrogen and oxygen atoms in total. The van der Waals surface area contributed by atoms with Gasteiger partial charge in [-0.15, -0.1) is 0 Å². The Hall–Kier alpha value is -7.99. The molecule has 1 fully saturated rings. The summed E-state index contributed by atoms with van der Waals surface area (Å²) in [4.78, 5) is 167. The topological polar surface area (TPSA) is 477 Å². The quantitative estimate of drug-likeness (QED) is 0.0139. The van der Waals surface area contributed by atoms with Crippen molar-refractivity contribution in [2.75, 3.05) is 26.8 Å². The predicted molar refractivity (Wildman–Crippen MR) is 310 cm³/mol. The van der Waals surface area contributed by atoms with Crippen molar-refractivity contribution in [2.45, 2.75) is 186 Å². The number of nitrogens with one attached hydrogen (secondary N) is 11. The number of hydrogen-bond donors (Lipinski definition) is 16. The van der Waals surface area contributed by atoms with Crippen molar-refractivity contribution in [3.8, 4) is 0 Å². The van der Waals surface area contributed by atoms with Crippen LogP contribution in [0, 0.1) is 17.8 Å². The van der Waals surface area contributed by atoms with Crippen molar-refractivity contribution in [1.82, 2.24) is 58.5 Å². The third-order valence-corrected chi connectivity index (χ3v) is 14.7. The minimum Gasteiger partial charge on any atom is -0.458 e. The zero-order valence-corrected chi connectivity index (χ0v) is 50.2. The molecule has 1 aromatic rings. The van der Waals surface area contributed by atoms with E-state index in [1.165, 1.54) is 20.8 Å². The molecule has 1 saturated heterocycles. The lowest BCUT2D eigenvalue weighted by Gasteiger charge is -2.31. The number of hydrogen-bond acceptors (Lipinski definition) is 17. The van der Waals surface area contributed by atoms with E-state index in [0.29, 0.717) is 12.8 Å². The first kappa shape index (κ1) is 73.1. The van der Waals surface area contributed by atoms with Crippen molar-refractivity contribution < 1.29 is 72.5 Å². The SMILES string of the molecule is CC[C@H](C)[C@H](NC(=O)[C@@H](Cc1ccccc1)NC)C(=O)N[C@@H](CO)C(=O)N[C@H](CCC(N)=O)C(=O)N[C@@H](C(=O)N[C@H](C(=O)N[C@@H](CO)C(=O)N[C@H]1C(=O)N[C@@H](C)C(=O)N[C@@H](CCCN=C(N)N)C(=O)N[C@@H](C)C(=O)O[C@H]1C)[C@@H](C)CC)[C@@H](C)CC. The fraction of sp³-hybridized carbons (Fsp3) is 0.655. The third kappa shape index (κ3) is 23.9. The van der Waals surface area contributed by atoms with E-state index < -0.39 is 187 Å². The number of carbonyl (C=O) groups excluding carboxylic acids is 12. The molecular weight excluding hydrogens is 1110 g/mol. The number of nitrogens with zero attached hydrogens (tertiary/aromatic N) is 1. The summed E-state index contributed by atoms with van der Waals surface area (Å²) < 4.78 is 5.48. The molecule has 0 aliphatic carbocycles. The number of primary amides is 1. The van der Waals surface area contributed by atoms with Crippen LogP contribution in [0.4, 0.5) is 0 Å². The number of cyclic esters (lactones) is 1. The standard InChI is InChI=1S/C55H91N15O15/c1-11-27(4)40(68-47(77)36(59-10)24-33-18-15-14-16-19-33)50(80)65-37(25-71)48(78)64-35(21-22-39(56)73)46(76)67-42(29(6)13-3)52(82)69-41(28(5)12-2)51(81)66-38(26-72)49(79)70-43-32(9)85-54(84)31(8)62-45(75)34(20-17-23-60-55(57)58)63-44(74)30(7)61-53(43)83/h14-16,18-19,27-32,34-38,40-43,59,71-72H,11-13,17,20-26H2,1-10H3,(H2,56,73)(H,61,83)(H,62,75)(H,63,74)(H,64,78)(H,65,80)(H,66,81)(H,67,76)(H,68,77)(H,69,82)(H,70,79)(H4,57,58,60)/t27-,28-,29-,30-,31-,32-,34-,35+,36+,37-,38-,40-,41-,42+,43+/m0/s1. The summed E-state index contributed by atoms with van der Waals surface area (Å²) in [5.41, 5.74) is 17.0. The Bertz CT molecular complexity index is 2480. The maximum atomic E-state index is 14.3. The van der Waals surface area contributed by atoms with Crippen LogP contribution < -0.4 is 75.7 Å². The van der Waals surface area contributed by atoms with Gasteiger partial charge in [0.25, 0.3) is 0 Å². The maximum Gasteiger partial charge on any atom is 0.328 e. The number of benzene rings is 1. The van der Waals surface area contributed by atoms with Gasteiger partial charge in [0.1, 0.15) is 66.5 Å². The monoisotopic (exact) mass is 1200 g/mol. The highest BCUT2D eigenvalue weighted by Crippen LogP contribution is 2.16. The van der Waals surface area contributed by atoms with E-state index in [9.17, 15) is 67.7 Å². The molecule has 1 heterocycles. The molecule has 0 saturated carbocycles. The predicted octanol–water partition coefficient (Wildman–Crippen LogP) is -4.91. The van der Waals surface area contributed by atoms with E-state index in [1.807, 2.05) is 30.3 Å². The second kappa shape index (κ2) is 36.7. The normalized spacial score (nSPS) is 21.0. The van der Waals surface area contributed by atoms with Gasteiger partial charge in [-0.3, -0.25) is 57.7 Å². The van der Waals surface area contributed by atoms with Crippen LogP contribution in [0.25, 0.3) is 0 Å². The van der Waals surface area contributed by atoms with Crippen molar-refractivity contribution in [1.29, 1.82) is 0 Å². The smallest absolute Gasteiger partial charge is 0.328 e. The Labute approximate surface area is 495 Å². The zero-order chi connectivity index (χ0) is 64.2. The fourth-order valence-electron chi connectivity index (χ4n) is 8.59. The molecule has 0 radical (unpaired) electrons. The van der Waals surface area contributed by atoms with Crippen LogP contribution in [0.5, 0.6) is 0 Å². The first-order chi connectivity index (χ1) is 40.1. The van der Waals surface area contributed by atoms with Crippen LogP contribution in [-0.4, -0.2) is 186 Å². The second-order valence-corrected chi connectivity index (χ2v) is 21.3. The van der Waals surface area contributed by atoms with Gasteiger partial charge in [-0.25, -0.2) is 4.79 Å². The summed E-state index contributed by atoms with van der Waals surface area (Å²) in [6, 6.07) is -6.38. The second-order valence-electron chi connectivity index (χ2n) is 21.3. The van der Waals surface area contributed by atoms with E-state index in [1.54, 1.807) is 48.6 Å². The first-order valence-electron chi connectivity index (χ1n) is 28.6. The number of esters is 1. The average molecular weight is 1200 g/mol. The third-order valence-electron chi connectivity index (χ3n) is 14.7. The molecule has 85 heavy (non-hydrogen) atoms. The zero-order valence-electron chi connectivity index (χ0n) is 50.2. The van der Waals surface area contributed by atoms with Gasteiger partial charge in [0, 0.05) is 13.0 Å². The number of aliphatic hydroxyl groups excluding tert-OH is 2. The highest BCUT2D eigenvalue weighted by Gasteiger charge is 2.40. The molecule has 0 bridgehead atoms. The van der Waals surface area contributed by atoms with E-state index in [0.717, 1.165) is 5.56 Å². The Kier molecular flexibility index (Phi) is 31.5. The van der Waals surface area contributed by atoms with Crippen molar-refractivity contribution >= 4 is 76.9 Å². The summed E-state index contributed by atoms with van der Waals surface area (Å²) in [7, 11) is 1.59. The van der Waals surface area contributed by atoms with Gasteiger partial charge in [-0.05, 0) is 76.8 Å². The minimum atomic E-state index is -1.82. The number of ether oxygens (including phenoxy) is 1. The Morgan fingerprint density at radius 2 is 1.06 bits per heavy atom. The van der Waals surface area contributed by atoms with Crippen LogP contribution in [-0.2, 0) is 68.7 Å². The minimum absolute atomic E-state index is 0.0234. The summed E-state index contributed by atoms with van der Waals surface area (Å²) in [5.74, 6) is -13.0. The average Bonchev–Trinajstić information content (AvgIpc) is 3.52. The van der Waals surface area contributed by atoms with Crippen molar-refractivity contribution in [2.24, 2.45) is 39.9 Å². The number of nitrogens with two attached hydrogens (primary N) is 3. The molecule has 0 unspecified atom stereocenters. The molecule has 2 rings (SSSR count). The lowest BCUT2D eigenvalue weighted by atomic mass is 9.94. The lowest BCUT2D eigenvalue weighted by molar-refractivity contribution is -0.155. The number of carbonyl (C=O) groups is 12. The van der Waals surface area contributed by atoms with Gasteiger partial charge in [0.05, 0.1) is 19.3 Å². The molecule has 1 aliphatic heterocycles. The van der Waals surface area contributed by atoms with Crippen LogP contribution >= 0.6 is 0 Å². The number of guanidine groups is 1. The van der Waals surface area contributed by atoms with Crippen LogP contribution in [0.1, 0.15) is 113 Å². The van der Waals surface area contributed by atoms with Gasteiger partial charge in [-0.1, -0.05) is 91.1 Å². The Morgan fingerprint density at radius 1 is 0.600 bits per heavy atom. The number of aliphatic hydroxyl groups is 2. The lowest BCUT2D eigenvalue weighted by Crippen LogP contribution is -2.63. The first-order valence-corrected chi connectivity index (χ1v) is 28.6. The highest BCUT2D eigenvalue weighted by atomic mass is 16.5. The van der Waals surface area contributed by atoms with Gasteiger partial charge in [-0.2, -0.15) is 0 Å². The van der Waals surface area contributed by atoms with Gasteiger partial charge < -0.3 is 90.6 Å². The largest absolute Gasteiger partial charge is 0.458 e. The molecule has 0 spiro atoms. The van der Waals surface area contributed by atoms with Gasteiger partial charge in [0.2, 0.25) is 65.0 Å².